The summed E-state index contributed by atoms with van der Waals surface area (Å²) >= 11 is 0. The maximum Gasteiger partial charge on any atom is 0.125 e. The summed E-state index contributed by atoms with van der Waals surface area (Å²) < 4.78 is 6.40. The maximum absolute atomic E-state index is 10.6. The van der Waals surface area contributed by atoms with Crippen LogP contribution in [0, 0.1) is 34.5 Å². The predicted molar refractivity (Wildman–Crippen MR) is 111 cm³/mol. The van der Waals surface area contributed by atoms with Crippen LogP contribution < -0.4 is 0 Å². The van der Waals surface area contributed by atoms with Crippen LogP contribution in [-0.2, 0) is 10.3 Å². The van der Waals surface area contributed by atoms with Crippen molar-refractivity contribution in [2.24, 2.45) is 34.5 Å². The fourth-order valence-electron chi connectivity index (χ4n) is 8.15. The predicted octanol–water partition coefficient (Wildman–Crippen LogP) is 3.49. The third kappa shape index (κ3) is 2.59. The van der Waals surface area contributed by atoms with Crippen molar-refractivity contribution in [3.63, 3.8) is 0 Å². The molecule has 0 amide bonds. The van der Waals surface area contributed by atoms with Crippen molar-refractivity contribution in [3.05, 3.63) is 35.9 Å². The van der Waals surface area contributed by atoms with Crippen LogP contribution in [0.25, 0.3) is 0 Å². The standard InChI is InChI=1S/C25H36O4/c1-23(10-8-18(28)12-17(23)14-26)20-9-11-24(2)21(19(20)15-27)13-22-25(24,29-22)16-6-4-3-5-7-16/h3-7,17-22,26-28H,8-15H2,1-2H3/t17-,18+,19-,20+,21+,22-,23+,24+,25-/m1/s1. The quantitative estimate of drug-likeness (QED) is 0.677. The highest BCUT2D eigenvalue weighted by molar-refractivity contribution is 5.37. The number of hydrogen-bond acceptors (Lipinski definition) is 4. The molecule has 0 bridgehead atoms. The van der Waals surface area contributed by atoms with Gasteiger partial charge in [-0.1, -0.05) is 44.2 Å². The van der Waals surface area contributed by atoms with Crippen molar-refractivity contribution in [2.75, 3.05) is 13.2 Å². The van der Waals surface area contributed by atoms with E-state index in [1.165, 1.54) is 5.56 Å². The van der Waals surface area contributed by atoms with E-state index in [1.807, 2.05) is 0 Å². The molecule has 9 atom stereocenters. The second-order valence-corrected chi connectivity index (χ2v) is 10.8. The molecule has 29 heavy (non-hydrogen) atoms. The highest BCUT2D eigenvalue weighted by Crippen LogP contribution is 2.75. The fraction of sp³-hybridized carbons (Fsp3) is 0.760. The second-order valence-electron chi connectivity index (χ2n) is 10.8. The minimum Gasteiger partial charge on any atom is -0.396 e. The van der Waals surface area contributed by atoms with Gasteiger partial charge in [0.15, 0.2) is 0 Å². The van der Waals surface area contributed by atoms with Crippen LogP contribution >= 0.6 is 0 Å². The summed E-state index contributed by atoms with van der Waals surface area (Å²) in [7, 11) is 0. The molecule has 1 saturated heterocycles. The van der Waals surface area contributed by atoms with E-state index in [2.05, 4.69) is 44.2 Å². The zero-order chi connectivity index (χ0) is 20.4. The lowest BCUT2D eigenvalue weighted by Crippen LogP contribution is -2.54. The number of benzene rings is 1. The van der Waals surface area contributed by atoms with E-state index < -0.39 is 0 Å². The SMILES string of the molecule is C[C@]1([C@H]2CC[C@@]3(C)[C@@H](C[C@H]4O[C@]43c3ccccc3)[C@@H]2CO)CC[C@H](O)C[C@@H]1CO. The molecule has 1 heterocycles. The van der Waals surface area contributed by atoms with E-state index in [9.17, 15) is 15.3 Å². The zero-order valence-electron chi connectivity index (χ0n) is 17.8. The van der Waals surface area contributed by atoms with Crippen LogP contribution in [0.5, 0.6) is 0 Å². The van der Waals surface area contributed by atoms with E-state index >= 15 is 0 Å². The fourth-order valence-corrected chi connectivity index (χ4v) is 8.15. The molecule has 0 spiro atoms. The molecule has 1 aromatic carbocycles. The van der Waals surface area contributed by atoms with Gasteiger partial charge in [-0.25, -0.2) is 0 Å². The Morgan fingerprint density at radius 3 is 2.41 bits per heavy atom. The highest BCUT2D eigenvalue weighted by atomic mass is 16.6. The molecule has 4 heteroatoms. The lowest BCUT2D eigenvalue weighted by molar-refractivity contribution is -0.131. The molecule has 3 N–H and O–H groups in total. The molecule has 0 radical (unpaired) electrons. The Balaban J connectivity index is 1.47. The Bertz CT molecular complexity index is 752. The summed E-state index contributed by atoms with van der Waals surface area (Å²) in [5, 5.41) is 30.9. The normalized spacial score (nSPS) is 51.3. The van der Waals surface area contributed by atoms with E-state index in [0.29, 0.717) is 18.3 Å². The largest absolute Gasteiger partial charge is 0.396 e. The summed E-state index contributed by atoms with van der Waals surface area (Å²) in [4.78, 5) is 0. The van der Waals surface area contributed by atoms with Crippen molar-refractivity contribution >= 4 is 0 Å². The lowest BCUT2D eigenvalue weighted by atomic mass is 9.48. The van der Waals surface area contributed by atoms with Gasteiger partial charge in [-0.2, -0.15) is 0 Å². The first-order valence-corrected chi connectivity index (χ1v) is 11.5. The Morgan fingerprint density at radius 1 is 0.966 bits per heavy atom. The van der Waals surface area contributed by atoms with Crippen LogP contribution in [0.4, 0.5) is 0 Å². The molecule has 1 aliphatic heterocycles. The molecular formula is C25H36O4. The Morgan fingerprint density at radius 2 is 1.72 bits per heavy atom. The second kappa shape index (κ2) is 6.78. The van der Waals surface area contributed by atoms with Crippen LogP contribution in [0.3, 0.4) is 0 Å². The number of epoxide rings is 1. The van der Waals surface area contributed by atoms with Crippen molar-refractivity contribution in [3.8, 4) is 0 Å². The molecular weight excluding hydrogens is 364 g/mol. The van der Waals surface area contributed by atoms with E-state index in [1.54, 1.807) is 0 Å². The maximum atomic E-state index is 10.6. The van der Waals surface area contributed by atoms with Gasteiger partial charge in [0.1, 0.15) is 5.60 Å². The van der Waals surface area contributed by atoms with Crippen molar-refractivity contribution in [1.82, 2.24) is 0 Å². The van der Waals surface area contributed by atoms with Crippen LogP contribution in [0.1, 0.15) is 57.9 Å². The van der Waals surface area contributed by atoms with Gasteiger partial charge < -0.3 is 20.1 Å². The Hall–Kier alpha value is -0.940. The minimum atomic E-state index is -0.296. The van der Waals surface area contributed by atoms with Crippen LogP contribution in [-0.4, -0.2) is 40.7 Å². The molecule has 4 aliphatic rings. The smallest absolute Gasteiger partial charge is 0.125 e. The van der Waals surface area contributed by atoms with Crippen LogP contribution in [0.2, 0.25) is 0 Å². The number of hydrogen-bond donors (Lipinski definition) is 3. The average Bonchev–Trinajstić information content (AvgIpc) is 3.41. The molecule has 5 rings (SSSR count). The monoisotopic (exact) mass is 400 g/mol. The highest BCUT2D eigenvalue weighted by Gasteiger charge is 2.77. The minimum absolute atomic E-state index is 0.0176. The van der Waals surface area contributed by atoms with Gasteiger partial charge in [0.2, 0.25) is 0 Å². The number of ether oxygens (including phenoxy) is 1. The van der Waals surface area contributed by atoms with E-state index in [-0.39, 0.29) is 53.7 Å². The molecule has 0 aromatic heterocycles. The van der Waals surface area contributed by atoms with Crippen molar-refractivity contribution in [1.29, 1.82) is 0 Å². The lowest BCUT2D eigenvalue weighted by Gasteiger charge is -2.57. The van der Waals surface area contributed by atoms with Gasteiger partial charge in [0, 0.05) is 18.6 Å². The third-order valence-corrected chi connectivity index (χ3v) is 9.85. The first-order chi connectivity index (χ1) is 13.9. The van der Waals surface area contributed by atoms with Crippen LogP contribution in [0.15, 0.2) is 30.3 Å². The summed E-state index contributed by atoms with van der Waals surface area (Å²) in [5.74, 6) is 1.18. The van der Waals surface area contributed by atoms with E-state index in [0.717, 1.165) is 32.1 Å². The topological polar surface area (TPSA) is 73.2 Å². The summed E-state index contributed by atoms with van der Waals surface area (Å²) in [6, 6.07) is 10.7. The average molecular weight is 401 g/mol. The summed E-state index contributed by atoms with van der Waals surface area (Å²) in [5.41, 5.74) is 1.14. The van der Waals surface area contributed by atoms with Crippen molar-refractivity contribution < 1.29 is 20.1 Å². The summed E-state index contributed by atoms with van der Waals surface area (Å²) in [6.45, 7) is 5.05. The van der Waals surface area contributed by atoms with Gasteiger partial charge >= 0.3 is 0 Å². The third-order valence-electron chi connectivity index (χ3n) is 9.85. The number of rotatable bonds is 4. The van der Waals surface area contributed by atoms with Gasteiger partial charge in [0.25, 0.3) is 0 Å². The first kappa shape index (κ1) is 20.0. The molecule has 3 saturated carbocycles. The number of fused-ring (bicyclic) bond motifs is 3. The molecule has 160 valence electrons. The van der Waals surface area contributed by atoms with Gasteiger partial charge in [0.05, 0.1) is 12.2 Å². The molecule has 4 fully saturated rings. The summed E-state index contributed by atoms with van der Waals surface area (Å²) in [6.07, 6.45) is 5.58. The molecule has 4 nitrogen and oxygen atoms in total. The van der Waals surface area contributed by atoms with E-state index in [4.69, 9.17) is 4.74 Å². The number of aliphatic hydroxyl groups is 3. The zero-order valence-corrected chi connectivity index (χ0v) is 17.8. The molecule has 3 aliphatic carbocycles. The first-order valence-electron chi connectivity index (χ1n) is 11.5. The molecule has 1 aromatic rings. The van der Waals surface area contributed by atoms with Crippen molar-refractivity contribution in [2.45, 2.75) is 70.2 Å². The van der Waals surface area contributed by atoms with Gasteiger partial charge in [-0.15, -0.1) is 0 Å². The van der Waals surface area contributed by atoms with Gasteiger partial charge in [-0.3, -0.25) is 0 Å². The Kier molecular flexibility index (Phi) is 4.67. The Labute approximate surface area is 174 Å². The number of aliphatic hydroxyl groups excluding tert-OH is 3. The molecule has 0 unspecified atom stereocenters. The van der Waals surface area contributed by atoms with Gasteiger partial charge in [-0.05, 0) is 73.2 Å².